The number of hydrogen-bond donors (Lipinski definition) is 2. The smallest absolute Gasteiger partial charge is 0.407 e. The highest BCUT2D eigenvalue weighted by molar-refractivity contribution is 5.68. The Morgan fingerprint density at radius 2 is 1.82 bits per heavy atom. The number of ether oxygens (including phenoxy) is 1. The van der Waals surface area contributed by atoms with Crippen LogP contribution in [-0.4, -0.2) is 28.4 Å². The van der Waals surface area contributed by atoms with E-state index in [1.165, 1.54) is 0 Å². The summed E-state index contributed by atoms with van der Waals surface area (Å²) in [5.74, 6) is 0.218. The van der Waals surface area contributed by atoms with E-state index in [0.717, 1.165) is 19.3 Å². The van der Waals surface area contributed by atoms with Crippen molar-refractivity contribution < 1.29 is 14.6 Å². The van der Waals surface area contributed by atoms with E-state index >= 15 is 0 Å². The number of hydrogen-bond acceptors (Lipinski definition) is 3. The summed E-state index contributed by atoms with van der Waals surface area (Å²) in [5, 5.41) is 12.7. The minimum Gasteiger partial charge on any atom is -0.446 e. The van der Waals surface area contributed by atoms with Crippen LogP contribution < -0.4 is 5.32 Å². The summed E-state index contributed by atoms with van der Waals surface area (Å²) >= 11 is 0. The van der Waals surface area contributed by atoms with Crippen LogP contribution in [0.3, 0.4) is 0 Å². The molecule has 1 amide bonds. The number of carbonyl (C=O) groups is 1. The molecule has 0 spiro atoms. The van der Waals surface area contributed by atoms with Crippen molar-refractivity contribution in [1.82, 2.24) is 5.32 Å². The average Bonchev–Trinajstić information content (AvgIpc) is 2.47. The zero-order chi connectivity index (χ0) is 13.3. The molecule has 1 saturated carbocycles. The van der Waals surface area contributed by atoms with E-state index in [1.807, 2.05) is 34.6 Å². The van der Waals surface area contributed by atoms with Crippen molar-refractivity contribution in [3.8, 4) is 0 Å². The van der Waals surface area contributed by atoms with Gasteiger partial charge in [-0.25, -0.2) is 4.79 Å². The average molecular weight is 243 g/mol. The van der Waals surface area contributed by atoms with Gasteiger partial charge in [0.15, 0.2) is 0 Å². The third-order valence-corrected chi connectivity index (χ3v) is 3.13. The first-order chi connectivity index (χ1) is 7.58. The van der Waals surface area contributed by atoms with Crippen LogP contribution in [0.4, 0.5) is 4.79 Å². The molecule has 100 valence electrons. The van der Waals surface area contributed by atoms with Crippen LogP contribution in [0.2, 0.25) is 0 Å². The second kappa shape index (κ2) is 4.84. The molecule has 4 nitrogen and oxygen atoms in total. The van der Waals surface area contributed by atoms with Crippen molar-refractivity contribution in [2.24, 2.45) is 5.92 Å². The molecular weight excluding hydrogens is 218 g/mol. The van der Waals surface area contributed by atoms with Gasteiger partial charge in [-0.2, -0.15) is 0 Å². The van der Waals surface area contributed by atoms with Gasteiger partial charge in [-0.15, -0.1) is 0 Å². The number of alkyl carbamates (subject to hydrolysis) is 1. The molecule has 17 heavy (non-hydrogen) atoms. The fourth-order valence-corrected chi connectivity index (χ4v) is 2.18. The molecule has 0 unspecified atom stereocenters. The van der Waals surface area contributed by atoms with Crippen molar-refractivity contribution in [3.63, 3.8) is 0 Å². The molecule has 1 aliphatic carbocycles. The summed E-state index contributed by atoms with van der Waals surface area (Å²) in [5.41, 5.74) is -0.954. The monoisotopic (exact) mass is 243 g/mol. The number of aliphatic hydroxyl groups is 1. The number of rotatable bonds is 2. The molecular formula is C13H25NO3. The predicted molar refractivity (Wildman–Crippen MR) is 66.8 cm³/mol. The number of amides is 1. The van der Waals surface area contributed by atoms with E-state index < -0.39 is 5.60 Å². The molecule has 1 fully saturated rings. The first-order valence-corrected chi connectivity index (χ1v) is 6.29. The van der Waals surface area contributed by atoms with Gasteiger partial charge in [0.1, 0.15) is 6.10 Å². The summed E-state index contributed by atoms with van der Waals surface area (Å²) in [6.45, 7) is 9.39. The van der Waals surface area contributed by atoms with E-state index in [9.17, 15) is 9.90 Å². The fourth-order valence-electron chi connectivity index (χ4n) is 2.18. The Hall–Kier alpha value is -0.770. The molecule has 0 aliphatic heterocycles. The van der Waals surface area contributed by atoms with Crippen molar-refractivity contribution in [2.75, 3.05) is 0 Å². The first kappa shape index (κ1) is 14.3. The van der Waals surface area contributed by atoms with Gasteiger partial charge in [0.05, 0.1) is 5.60 Å². The van der Waals surface area contributed by atoms with Crippen LogP contribution in [0, 0.1) is 5.92 Å². The second-order valence-electron chi connectivity index (χ2n) is 6.57. The van der Waals surface area contributed by atoms with Crippen LogP contribution in [0.1, 0.15) is 53.9 Å². The first-order valence-electron chi connectivity index (χ1n) is 6.29. The molecule has 0 aromatic rings. The van der Waals surface area contributed by atoms with Gasteiger partial charge in [-0.1, -0.05) is 0 Å². The maximum Gasteiger partial charge on any atom is 0.407 e. The highest BCUT2D eigenvalue weighted by atomic mass is 16.6. The molecule has 0 heterocycles. The molecule has 0 radical (unpaired) electrons. The van der Waals surface area contributed by atoms with Gasteiger partial charge in [0.25, 0.3) is 0 Å². The Bertz CT molecular complexity index is 275. The third-order valence-electron chi connectivity index (χ3n) is 3.13. The molecule has 0 saturated heterocycles. The highest BCUT2D eigenvalue weighted by Gasteiger charge is 2.36. The lowest BCUT2D eigenvalue weighted by Crippen LogP contribution is -2.42. The van der Waals surface area contributed by atoms with E-state index in [0.29, 0.717) is 0 Å². The molecule has 0 aromatic heterocycles. The van der Waals surface area contributed by atoms with Gasteiger partial charge in [0, 0.05) is 5.54 Å². The van der Waals surface area contributed by atoms with E-state index in [1.54, 1.807) is 0 Å². The van der Waals surface area contributed by atoms with Crippen LogP contribution >= 0.6 is 0 Å². The minimum absolute atomic E-state index is 0.0613. The number of nitrogens with one attached hydrogen (secondary N) is 1. The molecule has 1 rings (SSSR count). The van der Waals surface area contributed by atoms with Crippen molar-refractivity contribution in [2.45, 2.75) is 71.1 Å². The Kier molecular flexibility index (Phi) is 4.07. The van der Waals surface area contributed by atoms with Crippen molar-refractivity contribution in [3.05, 3.63) is 0 Å². The Morgan fingerprint density at radius 3 is 2.24 bits per heavy atom. The maximum atomic E-state index is 11.6. The lowest BCUT2D eigenvalue weighted by Gasteiger charge is -2.25. The molecule has 4 heteroatoms. The lowest BCUT2D eigenvalue weighted by molar-refractivity contribution is 0.0117. The van der Waals surface area contributed by atoms with Crippen LogP contribution in [0.25, 0.3) is 0 Å². The SMILES string of the molecule is CC(C)(C)NC(=O)O[C@H]1CC[C@H](C(C)(C)O)C1. The Balaban J connectivity index is 2.38. The number of carbonyl (C=O) groups excluding carboxylic acids is 1. The summed E-state index contributed by atoms with van der Waals surface area (Å²) in [4.78, 5) is 11.6. The quantitative estimate of drug-likeness (QED) is 0.783. The zero-order valence-corrected chi connectivity index (χ0v) is 11.5. The minimum atomic E-state index is -0.682. The van der Waals surface area contributed by atoms with Gasteiger partial charge in [-0.3, -0.25) is 0 Å². The molecule has 0 aromatic carbocycles. The van der Waals surface area contributed by atoms with Crippen LogP contribution in [0.15, 0.2) is 0 Å². The van der Waals surface area contributed by atoms with Crippen LogP contribution in [0.5, 0.6) is 0 Å². The fraction of sp³-hybridized carbons (Fsp3) is 0.923. The molecule has 0 bridgehead atoms. The van der Waals surface area contributed by atoms with Gasteiger partial charge < -0.3 is 15.2 Å². The third kappa shape index (κ3) is 4.94. The van der Waals surface area contributed by atoms with Gasteiger partial charge in [-0.05, 0) is 59.8 Å². The Labute approximate surface area is 104 Å². The topological polar surface area (TPSA) is 58.6 Å². The summed E-state index contributed by atoms with van der Waals surface area (Å²) < 4.78 is 5.35. The Morgan fingerprint density at radius 1 is 1.24 bits per heavy atom. The summed E-state index contributed by atoms with van der Waals surface area (Å²) in [7, 11) is 0. The van der Waals surface area contributed by atoms with E-state index in [-0.39, 0.29) is 23.7 Å². The van der Waals surface area contributed by atoms with Gasteiger partial charge >= 0.3 is 6.09 Å². The summed E-state index contributed by atoms with van der Waals surface area (Å²) in [6.07, 6.45) is 2.08. The van der Waals surface area contributed by atoms with E-state index in [2.05, 4.69) is 5.32 Å². The van der Waals surface area contributed by atoms with Gasteiger partial charge in [0.2, 0.25) is 0 Å². The molecule has 2 atom stereocenters. The standard InChI is InChI=1S/C13H25NO3/c1-12(2,3)14-11(15)17-10-7-6-9(8-10)13(4,5)16/h9-10,16H,6-8H2,1-5H3,(H,14,15)/t9-,10-/m0/s1. The summed E-state index contributed by atoms with van der Waals surface area (Å²) in [6, 6.07) is 0. The van der Waals surface area contributed by atoms with E-state index in [4.69, 9.17) is 4.74 Å². The van der Waals surface area contributed by atoms with Crippen LogP contribution in [-0.2, 0) is 4.74 Å². The largest absolute Gasteiger partial charge is 0.446 e. The normalized spacial score (nSPS) is 25.8. The molecule has 2 N–H and O–H groups in total. The maximum absolute atomic E-state index is 11.6. The predicted octanol–water partition coefficient (Wildman–Crippen LogP) is 2.45. The highest BCUT2D eigenvalue weighted by Crippen LogP contribution is 2.35. The second-order valence-corrected chi connectivity index (χ2v) is 6.57. The molecule has 1 aliphatic rings. The van der Waals surface area contributed by atoms with Crippen molar-refractivity contribution in [1.29, 1.82) is 0 Å². The lowest BCUT2D eigenvalue weighted by atomic mass is 9.90. The van der Waals surface area contributed by atoms with Crippen molar-refractivity contribution >= 4 is 6.09 Å². The zero-order valence-electron chi connectivity index (χ0n) is 11.5.